The van der Waals surface area contributed by atoms with Crippen LogP contribution < -0.4 is 0 Å². The van der Waals surface area contributed by atoms with Gasteiger partial charge in [0.15, 0.2) is 0 Å². The summed E-state index contributed by atoms with van der Waals surface area (Å²) < 4.78 is 5.46. The molecule has 1 aliphatic heterocycles. The zero-order valence-corrected chi connectivity index (χ0v) is 8.54. The molecule has 1 unspecified atom stereocenters. The lowest BCUT2D eigenvalue weighted by Crippen LogP contribution is -1.98. The highest BCUT2D eigenvalue weighted by atomic mass is 16.5. The summed E-state index contributed by atoms with van der Waals surface area (Å²) in [5.41, 5.74) is 0. The summed E-state index contributed by atoms with van der Waals surface area (Å²) in [5.74, 6) is 0. The highest BCUT2D eigenvalue weighted by Gasteiger charge is 2.10. The summed E-state index contributed by atoms with van der Waals surface area (Å²) in [5, 5.41) is 0. The second-order valence-electron chi connectivity index (χ2n) is 3.51. The third-order valence-electron chi connectivity index (χ3n) is 2.26. The quantitative estimate of drug-likeness (QED) is 0.465. The van der Waals surface area contributed by atoms with Crippen molar-refractivity contribution in [3.63, 3.8) is 0 Å². The van der Waals surface area contributed by atoms with E-state index < -0.39 is 0 Å². The molecule has 0 N–H and O–H groups in total. The van der Waals surface area contributed by atoms with E-state index in [4.69, 9.17) is 4.74 Å². The molecule has 0 aromatic rings. The molecule has 0 aromatic heterocycles. The van der Waals surface area contributed by atoms with Gasteiger partial charge in [-0.2, -0.15) is 0 Å². The lowest BCUT2D eigenvalue weighted by atomic mass is 10.2. The number of unbranched alkanes of at least 4 members (excludes halogenated alkanes) is 2. The molecule has 0 saturated carbocycles. The molecule has 1 nitrogen and oxygen atoms in total. The molecule has 1 atom stereocenters. The molecule has 0 radical (unpaired) electrons. The predicted octanol–water partition coefficient (Wildman–Crippen LogP) is 3.47. The van der Waals surface area contributed by atoms with Gasteiger partial charge in [-0.15, -0.1) is 0 Å². The van der Waals surface area contributed by atoms with Gasteiger partial charge in [0, 0.05) is 6.61 Å². The summed E-state index contributed by atoms with van der Waals surface area (Å²) in [6.07, 6.45) is 15.2. The number of hydrogen-bond acceptors (Lipinski definition) is 1. The molecule has 74 valence electrons. The molecule has 1 heteroatoms. The number of ether oxygens (including phenoxy) is 1. The molecule has 0 aromatic carbocycles. The fraction of sp³-hybridized carbons (Fsp3) is 0.667. The minimum atomic E-state index is 0.385. The molecule has 13 heavy (non-hydrogen) atoms. The fourth-order valence-corrected chi connectivity index (χ4v) is 1.44. The van der Waals surface area contributed by atoms with E-state index in [2.05, 4.69) is 31.2 Å². The Morgan fingerprint density at radius 3 is 3.00 bits per heavy atom. The van der Waals surface area contributed by atoms with E-state index in [1.54, 1.807) is 0 Å². The second-order valence-corrected chi connectivity index (χ2v) is 3.51. The largest absolute Gasteiger partial charge is 0.374 e. The first-order valence-electron chi connectivity index (χ1n) is 5.38. The molecule has 0 amide bonds. The van der Waals surface area contributed by atoms with Crippen molar-refractivity contribution in [2.75, 3.05) is 6.61 Å². The van der Waals surface area contributed by atoms with Crippen LogP contribution in [0.3, 0.4) is 0 Å². The Bertz CT molecular complexity index is 164. The van der Waals surface area contributed by atoms with Gasteiger partial charge in [-0.25, -0.2) is 0 Å². The third-order valence-corrected chi connectivity index (χ3v) is 2.26. The minimum Gasteiger partial charge on any atom is -0.374 e. The third kappa shape index (κ3) is 4.89. The van der Waals surface area contributed by atoms with Gasteiger partial charge in [0.2, 0.25) is 0 Å². The average Bonchev–Trinajstić information content (AvgIpc) is 2.63. The SMILES string of the molecule is CCCC/C=C/C=C/C1CCCO1. The molecule has 1 fully saturated rings. The first kappa shape index (κ1) is 10.5. The average molecular weight is 180 g/mol. The van der Waals surface area contributed by atoms with Gasteiger partial charge >= 0.3 is 0 Å². The number of allylic oxidation sites excluding steroid dienone is 3. The van der Waals surface area contributed by atoms with Gasteiger partial charge in [-0.1, -0.05) is 44.1 Å². The van der Waals surface area contributed by atoms with Crippen LogP contribution in [0.4, 0.5) is 0 Å². The smallest absolute Gasteiger partial charge is 0.0759 e. The van der Waals surface area contributed by atoms with Crippen molar-refractivity contribution in [2.45, 2.75) is 45.1 Å². The van der Waals surface area contributed by atoms with Crippen LogP contribution >= 0.6 is 0 Å². The molecule has 1 saturated heterocycles. The number of hydrogen-bond donors (Lipinski definition) is 0. The van der Waals surface area contributed by atoms with Crippen LogP contribution in [0.2, 0.25) is 0 Å². The zero-order chi connectivity index (χ0) is 9.36. The molecular formula is C12H20O. The van der Waals surface area contributed by atoms with E-state index in [0.29, 0.717) is 6.10 Å². The lowest BCUT2D eigenvalue weighted by molar-refractivity contribution is 0.145. The maximum absolute atomic E-state index is 5.46. The lowest BCUT2D eigenvalue weighted by Gasteiger charge is -1.99. The maximum atomic E-state index is 5.46. The normalized spacial score (nSPS) is 23.6. The van der Waals surface area contributed by atoms with Crippen LogP contribution in [0.5, 0.6) is 0 Å². The Morgan fingerprint density at radius 2 is 2.31 bits per heavy atom. The minimum absolute atomic E-state index is 0.385. The molecule has 1 rings (SSSR count). The van der Waals surface area contributed by atoms with Crippen molar-refractivity contribution in [2.24, 2.45) is 0 Å². The van der Waals surface area contributed by atoms with E-state index >= 15 is 0 Å². The van der Waals surface area contributed by atoms with Crippen molar-refractivity contribution < 1.29 is 4.74 Å². The first-order chi connectivity index (χ1) is 6.43. The van der Waals surface area contributed by atoms with Crippen LogP contribution in [0.25, 0.3) is 0 Å². The standard InChI is InChI=1S/C12H20O/c1-2-3-4-5-6-7-9-12-10-8-11-13-12/h5-7,9,12H,2-4,8,10-11H2,1H3/b6-5+,9-7+. The summed E-state index contributed by atoms with van der Waals surface area (Å²) >= 11 is 0. The van der Waals surface area contributed by atoms with Crippen molar-refractivity contribution in [1.29, 1.82) is 0 Å². The Labute approximate surface area is 81.5 Å². The Balaban J connectivity index is 2.05. The van der Waals surface area contributed by atoms with Gasteiger partial charge in [0.1, 0.15) is 0 Å². The van der Waals surface area contributed by atoms with Crippen LogP contribution in [-0.2, 0) is 4.74 Å². The number of rotatable bonds is 5. The summed E-state index contributed by atoms with van der Waals surface area (Å²) in [6, 6.07) is 0. The van der Waals surface area contributed by atoms with E-state index in [0.717, 1.165) is 6.61 Å². The van der Waals surface area contributed by atoms with Crippen LogP contribution in [0, 0.1) is 0 Å². The summed E-state index contributed by atoms with van der Waals surface area (Å²) in [4.78, 5) is 0. The Morgan fingerprint density at radius 1 is 1.38 bits per heavy atom. The molecule has 0 spiro atoms. The van der Waals surface area contributed by atoms with Crippen molar-refractivity contribution in [3.8, 4) is 0 Å². The van der Waals surface area contributed by atoms with Gasteiger partial charge in [-0.05, 0) is 19.3 Å². The van der Waals surface area contributed by atoms with E-state index in [9.17, 15) is 0 Å². The van der Waals surface area contributed by atoms with Crippen LogP contribution in [0.15, 0.2) is 24.3 Å². The summed E-state index contributed by atoms with van der Waals surface area (Å²) in [7, 11) is 0. The fourth-order valence-electron chi connectivity index (χ4n) is 1.44. The van der Waals surface area contributed by atoms with Crippen molar-refractivity contribution >= 4 is 0 Å². The molecule has 0 bridgehead atoms. The van der Waals surface area contributed by atoms with Crippen LogP contribution in [-0.4, -0.2) is 12.7 Å². The summed E-state index contributed by atoms with van der Waals surface area (Å²) in [6.45, 7) is 3.16. The molecule has 1 aliphatic rings. The highest BCUT2D eigenvalue weighted by molar-refractivity contribution is 5.05. The van der Waals surface area contributed by atoms with Gasteiger partial charge in [-0.3, -0.25) is 0 Å². The zero-order valence-electron chi connectivity index (χ0n) is 8.54. The Hall–Kier alpha value is -0.560. The van der Waals surface area contributed by atoms with E-state index in [1.165, 1.54) is 32.1 Å². The topological polar surface area (TPSA) is 9.23 Å². The molecule has 1 heterocycles. The van der Waals surface area contributed by atoms with Crippen molar-refractivity contribution in [1.82, 2.24) is 0 Å². The van der Waals surface area contributed by atoms with Gasteiger partial charge in [0.25, 0.3) is 0 Å². The monoisotopic (exact) mass is 180 g/mol. The predicted molar refractivity (Wildman–Crippen MR) is 56.8 cm³/mol. The first-order valence-corrected chi connectivity index (χ1v) is 5.38. The highest BCUT2D eigenvalue weighted by Crippen LogP contribution is 2.12. The van der Waals surface area contributed by atoms with E-state index in [1.807, 2.05) is 0 Å². The van der Waals surface area contributed by atoms with Gasteiger partial charge in [0.05, 0.1) is 6.10 Å². The Kier molecular flexibility index (Phi) is 5.59. The van der Waals surface area contributed by atoms with E-state index in [-0.39, 0.29) is 0 Å². The molecule has 0 aliphatic carbocycles. The maximum Gasteiger partial charge on any atom is 0.0759 e. The molecular weight excluding hydrogens is 160 g/mol. The second kappa shape index (κ2) is 6.90. The van der Waals surface area contributed by atoms with Crippen molar-refractivity contribution in [3.05, 3.63) is 24.3 Å². The van der Waals surface area contributed by atoms with Crippen LogP contribution in [0.1, 0.15) is 39.0 Å². The van der Waals surface area contributed by atoms with Gasteiger partial charge < -0.3 is 4.74 Å².